The smallest absolute Gasteiger partial charge is 0.274 e. The fourth-order valence-electron chi connectivity index (χ4n) is 5.95. The molecule has 6 aromatic rings. The van der Waals surface area contributed by atoms with E-state index in [1.54, 1.807) is 4.90 Å². The molecule has 0 saturated carbocycles. The topological polar surface area (TPSA) is 90.2 Å². The summed E-state index contributed by atoms with van der Waals surface area (Å²) in [6.45, 7) is 4.47. The van der Waals surface area contributed by atoms with E-state index < -0.39 is 0 Å². The lowest BCUT2D eigenvalue weighted by Crippen LogP contribution is -2.30. The van der Waals surface area contributed by atoms with Crippen molar-refractivity contribution in [3.05, 3.63) is 102 Å². The largest absolute Gasteiger partial charge is 0.490 e. The highest BCUT2D eigenvalue weighted by molar-refractivity contribution is 6.19. The van der Waals surface area contributed by atoms with Gasteiger partial charge in [0.15, 0.2) is 0 Å². The summed E-state index contributed by atoms with van der Waals surface area (Å²) >= 11 is 6.45. The number of carbonyl (C=O) groups excluding carboxylic acids is 2. The van der Waals surface area contributed by atoms with Gasteiger partial charge in [0, 0.05) is 57.3 Å². The second kappa shape index (κ2) is 10.3. The first-order chi connectivity index (χ1) is 20.4. The van der Waals surface area contributed by atoms with Gasteiger partial charge < -0.3 is 24.9 Å². The van der Waals surface area contributed by atoms with E-state index in [4.69, 9.17) is 16.3 Å². The normalized spacial score (nSPS) is 14.7. The van der Waals surface area contributed by atoms with Crippen LogP contribution >= 0.6 is 11.6 Å². The van der Waals surface area contributed by atoms with Crippen LogP contribution in [0.3, 0.4) is 0 Å². The third-order valence-corrected chi connectivity index (χ3v) is 8.18. The maximum Gasteiger partial charge on any atom is 0.274 e. The molecule has 2 amide bonds. The fraction of sp³-hybridized carbons (Fsp3) is 0.176. The number of fused-ring (bicyclic) bond motifs is 5. The van der Waals surface area contributed by atoms with E-state index in [-0.39, 0.29) is 23.8 Å². The molecule has 0 spiro atoms. The summed E-state index contributed by atoms with van der Waals surface area (Å²) in [5.41, 5.74) is 5.19. The molecule has 42 heavy (non-hydrogen) atoms. The summed E-state index contributed by atoms with van der Waals surface area (Å²) in [5.74, 6) is 0.773. The average Bonchev–Trinajstić information content (AvgIpc) is 3.71. The van der Waals surface area contributed by atoms with Crippen LogP contribution in [0.2, 0.25) is 0 Å². The van der Waals surface area contributed by atoms with Crippen molar-refractivity contribution in [2.45, 2.75) is 25.9 Å². The van der Waals surface area contributed by atoms with Crippen LogP contribution in [0.5, 0.6) is 5.75 Å². The van der Waals surface area contributed by atoms with Crippen molar-refractivity contribution in [1.82, 2.24) is 9.97 Å². The van der Waals surface area contributed by atoms with Crippen LogP contribution in [-0.4, -0.2) is 40.3 Å². The predicted molar refractivity (Wildman–Crippen MR) is 169 cm³/mol. The van der Waals surface area contributed by atoms with Gasteiger partial charge in [0.25, 0.3) is 11.8 Å². The summed E-state index contributed by atoms with van der Waals surface area (Å²) in [5, 5.41) is 6.83. The minimum Gasteiger partial charge on any atom is -0.490 e. The lowest BCUT2D eigenvalue weighted by molar-refractivity contribution is 0.0982. The fourth-order valence-corrected chi connectivity index (χ4v) is 6.20. The zero-order valence-corrected chi connectivity index (χ0v) is 24.0. The standard InChI is InChI=1S/C34H29ClN4O3/c1-19(2)42-31-16-30-32(25-9-5-4-8-24(25)31)22(17-35)18-39(30)34(41)29-15-21-13-23(11-12-27(21)38-29)36-33(40)28-14-20-7-3-6-10-26(20)37-28/h3-16,19,22,37-38H,17-18H2,1-2H3,(H,36,40). The number of halogens is 1. The Kier molecular flexibility index (Phi) is 6.39. The Labute approximate surface area is 247 Å². The van der Waals surface area contributed by atoms with E-state index in [0.717, 1.165) is 49.6 Å². The van der Waals surface area contributed by atoms with Crippen molar-refractivity contribution in [3.8, 4) is 5.75 Å². The number of aromatic amines is 2. The van der Waals surface area contributed by atoms with Crippen LogP contribution < -0.4 is 15.0 Å². The molecule has 0 aliphatic carbocycles. The molecule has 1 atom stereocenters. The molecule has 7 nitrogen and oxygen atoms in total. The Morgan fingerprint density at radius 1 is 0.905 bits per heavy atom. The van der Waals surface area contributed by atoms with Gasteiger partial charge in [0.05, 0.1) is 11.8 Å². The van der Waals surface area contributed by atoms with Crippen molar-refractivity contribution in [1.29, 1.82) is 0 Å². The van der Waals surface area contributed by atoms with Crippen LogP contribution in [0.1, 0.15) is 46.3 Å². The molecule has 0 radical (unpaired) electrons. The molecule has 4 aromatic carbocycles. The zero-order chi connectivity index (χ0) is 29.0. The number of anilines is 2. The number of alkyl halides is 1. The van der Waals surface area contributed by atoms with Crippen molar-refractivity contribution in [2.75, 3.05) is 22.6 Å². The first-order valence-electron chi connectivity index (χ1n) is 14.0. The Balaban J connectivity index is 1.20. The van der Waals surface area contributed by atoms with E-state index in [0.29, 0.717) is 29.5 Å². The zero-order valence-electron chi connectivity index (χ0n) is 23.2. The number of nitrogens with zero attached hydrogens (tertiary/aromatic N) is 1. The Bertz CT molecular complexity index is 1970. The molecule has 0 fully saturated rings. The third kappa shape index (κ3) is 4.46. The number of para-hydroxylation sites is 1. The van der Waals surface area contributed by atoms with Crippen molar-refractivity contribution in [3.63, 3.8) is 0 Å². The second-order valence-electron chi connectivity index (χ2n) is 11.0. The number of rotatable bonds is 6. The first-order valence-corrected chi connectivity index (χ1v) is 14.5. The van der Waals surface area contributed by atoms with E-state index in [2.05, 4.69) is 27.4 Å². The monoisotopic (exact) mass is 576 g/mol. The number of nitrogens with one attached hydrogen (secondary N) is 3. The average molecular weight is 577 g/mol. The van der Waals surface area contributed by atoms with Crippen molar-refractivity contribution >= 4 is 67.4 Å². The van der Waals surface area contributed by atoms with Gasteiger partial charge in [-0.05, 0) is 61.2 Å². The minimum absolute atomic E-state index is 0.000509. The van der Waals surface area contributed by atoms with Crippen LogP contribution in [0.4, 0.5) is 11.4 Å². The van der Waals surface area contributed by atoms with Gasteiger partial charge in [0.1, 0.15) is 17.1 Å². The molecular formula is C34H29ClN4O3. The maximum absolute atomic E-state index is 14.0. The van der Waals surface area contributed by atoms with Crippen molar-refractivity contribution < 1.29 is 14.3 Å². The van der Waals surface area contributed by atoms with E-state index in [9.17, 15) is 9.59 Å². The SMILES string of the molecule is CC(C)Oc1cc2c(c3ccccc13)C(CCl)CN2C(=O)c1cc2cc(NC(=O)c3cc4ccccc4[nH]3)ccc2[nH]1. The van der Waals surface area contributed by atoms with Gasteiger partial charge in [0.2, 0.25) is 0 Å². The summed E-state index contributed by atoms with van der Waals surface area (Å²) in [6, 6.07) is 27.1. The molecular weight excluding hydrogens is 548 g/mol. The quantitative estimate of drug-likeness (QED) is 0.176. The van der Waals surface area contributed by atoms with E-state index >= 15 is 0 Å². The van der Waals surface area contributed by atoms with Gasteiger partial charge in [-0.25, -0.2) is 0 Å². The maximum atomic E-state index is 14.0. The van der Waals surface area contributed by atoms with Crippen LogP contribution in [0, 0.1) is 0 Å². The van der Waals surface area contributed by atoms with Crippen molar-refractivity contribution in [2.24, 2.45) is 0 Å². The predicted octanol–water partition coefficient (Wildman–Crippen LogP) is 7.82. The highest BCUT2D eigenvalue weighted by Gasteiger charge is 2.35. The molecule has 210 valence electrons. The molecule has 1 unspecified atom stereocenters. The molecule has 3 heterocycles. The molecule has 1 aliphatic heterocycles. The molecule has 3 N–H and O–H groups in total. The van der Waals surface area contributed by atoms with E-state index in [1.165, 1.54) is 0 Å². The Morgan fingerprint density at radius 3 is 2.40 bits per heavy atom. The molecule has 0 saturated heterocycles. The summed E-state index contributed by atoms with van der Waals surface area (Å²) in [4.78, 5) is 35.1. The molecule has 1 aliphatic rings. The Morgan fingerprint density at radius 2 is 1.62 bits per heavy atom. The minimum atomic E-state index is -0.232. The molecule has 2 aromatic heterocycles. The lowest BCUT2D eigenvalue weighted by atomic mass is 9.95. The van der Waals surface area contributed by atoms with Crippen LogP contribution in [0.15, 0.2) is 84.9 Å². The number of benzene rings is 4. The highest BCUT2D eigenvalue weighted by atomic mass is 35.5. The highest BCUT2D eigenvalue weighted by Crippen LogP contribution is 2.46. The van der Waals surface area contributed by atoms with E-state index in [1.807, 2.05) is 86.6 Å². The number of amides is 2. The third-order valence-electron chi connectivity index (χ3n) is 7.81. The van der Waals surface area contributed by atoms with Gasteiger partial charge in [-0.1, -0.05) is 42.5 Å². The molecule has 0 bridgehead atoms. The number of aromatic nitrogens is 2. The number of carbonyl (C=O) groups is 2. The van der Waals surface area contributed by atoms with Crippen LogP contribution in [-0.2, 0) is 0 Å². The van der Waals surface area contributed by atoms with Gasteiger partial charge in [-0.15, -0.1) is 11.6 Å². The summed E-state index contributed by atoms with van der Waals surface area (Å²) in [6.07, 6.45) is -0.0136. The summed E-state index contributed by atoms with van der Waals surface area (Å²) < 4.78 is 6.18. The summed E-state index contributed by atoms with van der Waals surface area (Å²) in [7, 11) is 0. The Hall–Kier alpha value is -4.75. The first kappa shape index (κ1) is 26.2. The van der Waals surface area contributed by atoms with Crippen LogP contribution in [0.25, 0.3) is 32.6 Å². The second-order valence-corrected chi connectivity index (χ2v) is 11.3. The number of H-pyrrole nitrogens is 2. The van der Waals surface area contributed by atoms with Gasteiger partial charge >= 0.3 is 0 Å². The molecule has 8 heteroatoms. The number of hydrogen-bond acceptors (Lipinski definition) is 3. The molecule has 7 rings (SSSR count). The van der Waals surface area contributed by atoms with Gasteiger partial charge in [-0.2, -0.15) is 0 Å². The van der Waals surface area contributed by atoms with Gasteiger partial charge in [-0.3, -0.25) is 9.59 Å². The lowest BCUT2D eigenvalue weighted by Gasteiger charge is -2.20. The number of hydrogen-bond donors (Lipinski definition) is 3. The number of ether oxygens (including phenoxy) is 1.